The van der Waals surface area contributed by atoms with Crippen molar-refractivity contribution in [2.24, 2.45) is 0 Å². The first-order valence-corrected chi connectivity index (χ1v) is 18.7. The fraction of sp³-hybridized carbons (Fsp3) is 0.457. The fourth-order valence-corrected chi connectivity index (χ4v) is 5.80. The van der Waals surface area contributed by atoms with Crippen molar-refractivity contribution in [3.63, 3.8) is 0 Å². The number of benzene rings is 2. The first-order chi connectivity index (χ1) is 21.0. The Kier molecular flexibility index (Phi) is 12.2. The zero-order chi connectivity index (χ0) is 33.4. The molecule has 1 N–H and O–H groups in total. The van der Waals surface area contributed by atoms with Crippen molar-refractivity contribution in [3.8, 4) is 11.3 Å². The van der Waals surface area contributed by atoms with Crippen LogP contribution in [0.5, 0.6) is 0 Å². The third kappa shape index (κ3) is 10.6. The van der Waals surface area contributed by atoms with E-state index in [0.29, 0.717) is 35.1 Å². The second kappa shape index (κ2) is 15.3. The highest BCUT2D eigenvalue weighted by Crippen LogP contribution is 2.40. The third-order valence-corrected chi connectivity index (χ3v) is 12.4. The zero-order valence-electron chi connectivity index (χ0n) is 28.1. The third-order valence-electron chi connectivity index (χ3n) is 7.64. The van der Waals surface area contributed by atoms with Gasteiger partial charge in [0.1, 0.15) is 5.60 Å². The fourth-order valence-electron chi connectivity index (χ4n) is 4.32. The van der Waals surface area contributed by atoms with Gasteiger partial charge in [-0.1, -0.05) is 74.8 Å². The van der Waals surface area contributed by atoms with Crippen LogP contribution in [0, 0.1) is 0 Å². The molecule has 8 nitrogen and oxygen atoms in total. The summed E-state index contributed by atoms with van der Waals surface area (Å²) in [5.74, 6) is -0.449. The topological polar surface area (TPSA) is 90.0 Å². The highest BCUT2D eigenvalue weighted by Gasteiger charge is 2.40. The Morgan fingerprint density at radius 1 is 1.00 bits per heavy atom. The molecule has 0 bridgehead atoms. The second-order valence-corrected chi connectivity index (χ2v) is 18.7. The van der Waals surface area contributed by atoms with Crippen molar-refractivity contribution in [1.82, 2.24) is 9.88 Å². The van der Waals surface area contributed by atoms with Gasteiger partial charge >= 0.3 is 12.1 Å². The number of ether oxygens (including phenoxy) is 2. The molecule has 0 aliphatic carbocycles. The van der Waals surface area contributed by atoms with Gasteiger partial charge in [0.2, 0.25) is 0 Å². The maximum absolute atomic E-state index is 13.5. The minimum absolute atomic E-state index is 0.0440. The molecule has 0 spiro atoms. The number of esters is 1. The maximum Gasteiger partial charge on any atom is 0.410 e. The van der Waals surface area contributed by atoms with E-state index in [1.807, 2.05) is 75.4 Å². The van der Waals surface area contributed by atoms with E-state index in [1.165, 1.54) is 0 Å². The summed E-state index contributed by atoms with van der Waals surface area (Å²) in [5, 5.41) is 3.89. The monoisotopic (exact) mass is 653 g/mol. The molecule has 10 heteroatoms. The van der Waals surface area contributed by atoms with E-state index in [9.17, 15) is 9.59 Å². The summed E-state index contributed by atoms with van der Waals surface area (Å²) in [4.78, 5) is 32.7. The Balaban J connectivity index is 1.89. The molecule has 0 fully saturated rings. The molecule has 0 saturated carbocycles. The van der Waals surface area contributed by atoms with Gasteiger partial charge in [0, 0.05) is 23.7 Å². The van der Waals surface area contributed by atoms with Gasteiger partial charge in [0.05, 0.1) is 42.4 Å². The van der Waals surface area contributed by atoms with Crippen LogP contribution in [-0.4, -0.2) is 62.1 Å². The molecular formula is C35H48ClN3O5Si. The largest absolute Gasteiger partial charge is 0.462 e. The summed E-state index contributed by atoms with van der Waals surface area (Å²) in [5.41, 5.74) is 2.57. The number of nitrogens with zero attached hydrogens (tertiary/aromatic N) is 2. The van der Waals surface area contributed by atoms with Crippen LogP contribution in [0.25, 0.3) is 11.3 Å². The lowest BCUT2D eigenvalue weighted by atomic mass is 10.1. The van der Waals surface area contributed by atoms with Crippen molar-refractivity contribution in [3.05, 3.63) is 83.0 Å². The van der Waals surface area contributed by atoms with E-state index < -0.39 is 32.1 Å². The Morgan fingerprint density at radius 2 is 1.69 bits per heavy atom. The average Bonchev–Trinajstić information content (AvgIpc) is 2.95. The second-order valence-electron chi connectivity index (χ2n) is 13.5. The Bertz CT molecular complexity index is 1440. The van der Waals surface area contributed by atoms with Gasteiger partial charge in [-0.15, -0.1) is 0 Å². The smallest absolute Gasteiger partial charge is 0.410 e. The molecule has 1 amide bonds. The average molecular weight is 654 g/mol. The number of carbonyl (C=O) groups is 2. The molecule has 0 unspecified atom stereocenters. The Morgan fingerprint density at radius 3 is 2.29 bits per heavy atom. The van der Waals surface area contributed by atoms with E-state index in [0.717, 1.165) is 11.1 Å². The van der Waals surface area contributed by atoms with E-state index >= 15 is 0 Å². The molecular weight excluding hydrogens is 606 g/mol. The van der Waals surface area contributed by atoms with E-state index in [2.05, 4.69) is 44.2 Å². The number of amides is 1. The maximum atomic E-state index is 13.5. The number of pyridine rings is 1. The van der Waals surface area contributed by atoms with Crippen molar-refractivity contribution in [2.75, 3.05) is 31.6 Å². The molecule has 0 aliphatic rings. The Hall–Kier alpha value is -3.40. The van der Waals surface area contributed by atoms with Gasteiger partial charge in [-0.05, 0) is 69.6 Å². The van der Waals surface area contributed by atoms with Gasteiger partial charge in [-0.3, -0.25) is 4.98 Å². The summed E-state index contributed by atoms with van der Waals surface area (Å²) < 4.78 is 18.0. The molecule has 1 atom stereocenters. The standard InChI is InChI=1S/C35H48ClN3O5Si/c1-10-42-32(40)29-22-28(23-38-31(29)25-15-12-11-13-16-25)37-19-20-39(33(41)43-34(2,3)4)24-30(26-17-14-18-27(36)21-26)44-45(8,9)35(5,6)7/h11-18,21-23,30,37H,10,19-20,24H2,1-9H3/t30-/m0/s1. The number of halogens is 1. The highest BCUT2D eigenvalue weighted by molar-refractivity contribution is 6.74. The van der Waals surface area contributed by atoms with Crippen LogP contribution in [0.3, 0.4) is 0 Å². The van der Waals surface area contributed by atoms with Gasteiger partial charge in [0.15, 0.2) is 8.32 Å². The quantitative estimate of drug-likeness (QED) is 0.154. The van der Waals surface area contributed by atoms with Gasteiger partial charge in [-0.25, -0.2) is 9.59 Å². The molecule has 45 heavy (non-hydrogen) atoms. The summed E-state index contributed by atoms with van der Waals surface area (Å²) in [7, 11) is -2.25. The number of carbonyl (C=O) groups excluding carboxylic acids is 2. The van der Waals surface area contributed by atoms with Crippen LogP contribution in [0.2, 0.25) is 23.2 Å². The van der Waals surface area contributed by atoms with Gasteiger partial charge in [-0.2, -0.15) is 0 Å². The molecule has 1 heterocycles. The van der Waals surface area contributed by atoms with E-state index in [1.54, 1.807) is 24.1 Å². The molecule has 2 aromatic carbocycles. The van der Waals surface area contributed by atoms with Crippen LogP contribution < -0.4 is 5.32 Å². The molecule has 3 aromatic rings. The predicted molar refractivity (Wildman–Crippen MR) is 184 cm³/mol. The van der Waals surface area contributed by atoms with Crippen LogP contribution >= 0.6 is 11.6 Å². The molecule has 244 valence electrons. The normalized spacial score (nSPS) is 12.8. The van der Waals surface area contributed by atoms with Crippen molar-refractivity contribution < 1.29 is 23.5 Å². The highest BCUT2D eigenvalue weighted by atomic mass is 35.5. The zero-order valence-corrected chi connectivity index (χ0v) is 29.8. The Labute approximate surface area is 274 Å². The molecule has 0 aliphatic heterocycles. The van der Waals surface area contributed by atoms with Crippen LogP contribution in [0.1, 0.15) is 70.5 Å². The lowest BCUT2D eigenvalue weighted by molar-refractivity contribution is 0.0165. The van der Waals surface area contributed by atoms with Crippen LogP contribution in [0.15, 0.2) is 66.9 Å². The number of anilines is 1. The van der Waals surface area contributed by atoms with E-state index in [-0.39, 0.29) is 18.2 Å². The summed E-state index contributed by atoms with van der Waals surface area (Å²) in [6, 6.07) is 18.8. The molecule has 1 aromatic heterocycles. The van der Waals surface area contributed by atoms with Crippen LogP contribution in [0.4, 0.5) is 10.5 Å². The molecule has 3 rings (SSSR count). The lowest BCUT2D eigenvalue weighted by Crippen LogP contribution is -2.46. The van der Waals surface area contributed by atoms with Crippen molar-refractivity contribution >= 4 is 37.7 Å². The number of nitrogens with one attached hydrogen (secondary N) is 1. The van der Waals surface area contributed by atoms with Crippen LogP contribution in [-0.2, 0) is 13.9 Å². The SMILES string of the molecule is CCOC(=O)c1cc(NCCN(C[C@H](O[Si](C)(C)C(C)(C)C)c2cccc(Cl)c2)C(=O)OC(C)(C)C)cnc1-c1ccccc1. The van der Waals surface area contributed by atoms with Gasteiger partial charge in [0.25, 0.3) is 0 Å². The van der Waals surface area contributed by atoms with Crippen molar-refractivity contribution in [2.45, 2.75) is 78.3 Å². The summed E-state index contributed by atoms with van der Waals surface area (Å²) >= 11 is 6.39. The van der Waals surface area contributed by atoms with E-state index in [4.69, 9.17) is 25.5 Å². The molecule has 0 radical (unpaired) electrons. The number of aromatic nitrogens is 1. The first-order valence-electron chi connectivity index (χ1n) is 15.4. The minimum Gasteiger partial charge on any atom is -0.462 e. The van der Waals surface area contributed by atoms with Crippen molar-refractivity contribution in [1.29, 1.82) is 0 Å². The first kappa shape index (κ1) is 36.1. The lowest BCUT2D eigenvalue weighted by Gasteiger charge is -2.40. The number of hydrogen-bond acceptors (Lipinski definition) is 7. The summed E-state index contributed by atoms with van der Waals surface area (Å²) in [6.07, 6.45) is 0.817. The predicted octanol–water partition coefficient (Wildman–Crippen LogP) is 8.99. The number of hydrogen-bond donors (Lipinski definition) is 1. The number of rotatable bonds is 12. The molecule has 0 saturated heterocycles. The van der Waals surface area contributed by atoms with Gasteiger partial charge < -0.3 is 24.1 Å². The summed E-state index contributed by atoms with van der Waals surface area (Å²) in [6.45, 7) is 19.4. The minimum atomic E-state index is -2.25.